The molecule has 6 nitrogen and oxygen atoms in total. The Bertz CT molecular complexity index is 914. The SMILES string of the molecule is COCCN1CCN(c2ccc3ccc(C(=O)NCc4cccs4)cn23)CC1. The van der Waals surface area contributed by atoms with Crippen molar-refractivity contribution in [1.82, 2.24) is 14.6 Å². The summed E-state index contributed by atoms with van der Waals surface area (Å²) in [5.74, 6) is 1.11. The van der Waals surface area contributed by atoms with Gasteiger partial charge in [-0.15, -0.1) is 11.3 Å². The van der Waals surface area contributed by atoms with Crippen molar-refractivity contribution in [2.24, 2.45) is 0 Å². The zero-order valence-corrected chi connectivity index (χ0v) is 17.0. The number of pyridine rings is 1. The Kier molecular flexibility index (Phi) is 5.95. The monoisotopic (exact) mass is 398 g/mol. The van der Waals surface area contributed by atoms with Crippen LogP contribution in [0.3, 0.4) is 0 Å². The van der Waals surface area contributed by atoms with Gasteiger partial charge in [-0.25, -0.2) is 0 Å². The number of rotatable bonds is 7. The molecule has 1 aliphatic heterocycles. The van der Waals surface area contributed by atoms with Crippen molar-refractivity contribution in [2.45, 2.75) is 6.54 Å². The maximum atomic E-state index is 12.6. The summed E-state index contributed by atoms with van der Waals surface area (Å²) < 4.78 is 7.31. The number of thiophene rings is 1. The summed E-state index contributed by atoms with van der Waals surface area (Å²) in [6.45, 7) is 6.33. The smallest absolute Gasteiger partial charge is 0.253 e. The lowest BCUT2D eigenvalue weighted by Crippen LogP contribution is -2.47. The number of piperazine rings is 1. The van der Waals surface area contributed by atoms with E-state index in [1.54, 1.807) is 18.4 Å². The molecular weight excluding hydrogens is 372 g/mol. The number of hydrogen-bond donors (Lipinski definition) is 1. The van der Waals surface area contributed by atoms with Gasteiger partial charge in [-0.1, -0.05) is 6.07 Å². The van der Waals surface area contributed by atoms with E-state index in [1.807, 2.05) is 35.8 Å². The van der Waals surface area contributed by atoms with Crippen molar-refractivity contribution in [2.75, 3.05) is 51.3 Å². The third-order valence-electron chi connectivity index (χ3n) is 5.20. The molecule has 148 valence electrons. The van der Waals surface area contributed by atoms with Gasteiger partial charge in [0.2, 0.25) is 0 Å². The molecule has 0 saturated carbocycles. The summed E-state index contributed by atoms with van der Waals surface area (Å²) in [5, 5.41) is 5.03. The first-order valence-corrected chi connectivity index (χ1v) is 10.5. The molecule has 0 aromatic carbocycles. The normalized spacial score (nSPS) is 15.2. The summed E-state index contributed by atoms with van der Waals surface area (Å²) in [4.78, 5) is 18.6. The fraction of sp³-hybridized carbons (Fsp3) is 0.381. The van der Waals surface area contributed by atoms with E-state index in [-0.39, 0.29) is 5.91 Å². The molecule has 0 unspecified atom stereocenters. The van der Waals surface area contributed by atoms with Crippen molar-refractivity contribution in [3.8, 4) is 0 Å². The lowest BCUT2D eigenvalue weighted by atomic mass is 10.2. The van der Waals surface area contributed by atoms with Gasteiger partial charge < -0.3 is 19.4 Å². The van der Waals surface area contributed by atoms with Crippen molar-refractivity contribution < 1.29 is 9.53 Å². The molecule has 0 atom stereocenters. The van der Waals surface area contributed by atoms with Gasteiger partial charge in [-0.2, -0.15) is 0 Å². The first-order valence-electron chi connectivity index (χ1n) is 9.62. The quantitative estimate of drug-likeness (QED) is 0.665. The number of ether oxygens (including phenoxy) is 1. The molecule has 3 aromatic rings. The molecule has 28 heavy (non-hydrogen) atoms. The average molecular weight is 399 g/mol. The van der Waals surface area contributed by atoms with Gasteiger partial charge in [0.25, 0.3) is 5.91 Å². The minimum absolute atomic E-state index is 0.0423. The third-order valence-corrected chi connectivity index (χ3v) is 6.08. The summed E-state index contributed by atoms with van der Waals surface area (Å²) in [6.07, 6.45) is 1.95. The van der Waals surface area contributed by atoms with Crippen LogP contribution in [0.2, 0.25) is 0 Å². The Morgan fingerprint density at radius 2 is 1.96 bits per heavy atom. The molecule has 0 spiro atoms. The van der Waals surface area contributed by atoms with Crippen LogP contribution in [-0.2, 0) is 11.3 Å². The number of fused-ring (bicyclic) bond motifs is 1. The number of carbonyl (C=O) groups is 1. The molecule has 1 saturated heterocycles. The summed E-state index contributed by atoms with van der Waals surface area (Å²) in [5.41, 5.74) is 1.78. The first kappa shape index (κ1) is 19.0. The molecule has 7 heteroatoms. The van der Waals surface area contributed by atoms with Crippen LogP contribution in [0.1, 0.15) is 15.2 Å². The number of anilines is 1. The summed E-state index contributed by atoms with van der Waals surface area (Å²) >= 11 is 1.65. The van der Waals surface area contributed by atoms with Gasteiger partial charge in [-0.05, 0) is 35.7 Å². The Morgan fingerprint density at radius 1 is 1.14 bits per heavy atom. The topological polar surface area (TPSA) is 49.2 Å². The molecule has 4 heterocycles. The molecule has 0 radical (unpaired) electrons. The second-order valence-corrected chi connectivity index (χ2v) is 8.02. The Hall–Kier alpha value is -2.35. The minimum atomic E-state index is -0.0423. The van der Waals surface area contributed by atoms with Gasteiger partial charge in [0.05, 0.1) is 18.7 Å². The number of carbonyl (C=O) groups excluding carboxylic acids is 1. The molecule has 1 amide bonds. The predicted molar refractivity (Wildman–Crippen MR) is 113 cm³/mol. The van der Waals surface area contributed by atoms with E-state index >= 15 is 0 Å². The lowest BCUT2D eigenvalue weighted by molar-refractivity contribution is 0.0951. The van der Waals surface area contributed by atoms with Crippen molar-refractivity contribution in [3.63, 3.8) is 0 Å². The molecule has 1 aliphatic rings. The van der Waals surface area contributed by atoms with Crippen LogP contribution in [-0.4, -0.2) is 61.6 Å². The number of amides is 1. The zero-order valence-electron chi connectivity index (χ0n) is 16.1. The van der Waals surface area contributed by atoms with E-state index < -0.39 is 0 Å². The number of nitrogens with one attached hydrogen (secondary N) is 1. The number of nitrogens with zero attached hydrogens (tertiary/aromatic N) is 3. The molecule has 0 bridgehead atoms. The van der Waals surface area contributed by atoms with Gasteiger partial charge >= 0.3 is 0 Å². The van der Waals surface area contributed by atoms with Gasteiger partial charge in [0.15, 0.2) is 0 Å². The van der Waals surface area contributed by atoms with E-state index in [4.69, 9.17) is 4.74 Å². The van der Waals surface area contributed by atoms with Crippen LogP contribution in [0, 0.1) is 0 Å². The Balaban J connectivity index is 1.45. The Morgan fingerprint density at radius 3 is 2.71 bits per heavy atom. The van der Waals surface area contributed by atoms with E-state index in [2.05, 4.69) is 31.7 Å². The van der Waals surface area contributed by atoms with E-state index in [1.165, 1.54) is 0 Å². The largest absolute Gasteiger partial charge is 0.383 e. The van der Waals surface area contributed by atoms with Crippen LogP contribution < -0.4 is 10.2 Å². The van der Waals surface area contributed by atoms with Gasteiger partial charge in [-0.3, -0.25) is 9.69 Å². The van der Waals surface area contributed by atoms with Crippen molar-refractivity contribution >= 4 is 28.6 Å². The maximum absolute atomic E-state index is 12.6. The van der Waals surface area contributed by atoms with Gasteiger partial charge in [0, 0.05) is 56.4 Å². The highest BCUT2D eigenvalue weighted by atomic mass is 32.1. The van der Waals surface area contributed by atoms with Crippen molar-refractivity contribution in [3.05, 3.63) is 58.4 Å². The fourth-order valence-electron chi connectivity index (χ4n) is 3.58. The van der Waals surface area contributed by atoms with Crippen molar-refractivity contribution in [1.29, 1.82) is 0 Å². The molecule has 1 N–H and O–H groups in total. The first-order chi connectivity index (χ1) is 13.7. The number of methoxy groups -OCH3 is 1. The van der Waals surface area contributed by atoms with Gasteiger partial charge in [0.1, 0.15) is 5.82 Å². The highest BCUT2D eigenvalue weighted by Crippen LogP contribution is 2.22. The highest BCUT2D eigenvalue weighted by Gasteiger charge is 2.19. The van der Waals surface area contributed by atoms with E-state index in [0.29, 0.717) is 12.1 Å². The third kappa shape index (κ3) is 4.22. The van der Waals surface area contributed by atoms with E-state index in [9.17, 15) is 4.79 Å². The predicted octanol–water partition coefficient (Wildman–Crippen LogP) is 2.70. The van der Waals surface area contributed by atoms with Crippen LogP contribution in [0.25, 0.3) is 5.52 Å². The zero-order chi connectivity index (χ0) is 19.3. The minimum Gasteiger partial charge on any atom is -0.383 e. The Labute approximate surface area is 169 Å². The van der Waals surface area contributed by atoms with Crippen LogP contribution in [0.15, 0.2) is 48.0 Å². The molecule has 4 rings (SSSR count). The fourth-order valence-corrected chi connectivity index (χ4v) is 4.23. The highest BCUT2D eigenvalue weighted by molar-refractivity contribution is 7.09. The summed E-state index contributed by atoms with van der Waals surface area (Å²) in [7, 11) is 1.75. The maximum Gasteiger partial charge on any atom is 0.253 e. The molecule has 3 aromatic heterocycles. The van der Waals surface area contributed by atoms with Crippen LogP contribution >= 0.6 is 11.3 Å². The molecule has 0 aliphatic carbocycles. The number of hydrogen-bond acceptors (Lipinski definition) is 5. The lowest BCUT2D eigenvalue weighted by Gasteiger charge is -2.35. The second-order valence-electron chi connectivity index (χ2n) is 6.99. The average Bonchev–Trinajstić information content (AvgIpc) is 3.40. The van der Waals surface area contributed by atoms with Crippen LogP contribution in [0.5, 0.6) is 0 Å². The summed E-state index contributed by atoms with van der Waals surface area (Å²) in [6, 6.07) is 12.2. The van der Waals surface area contributed by atoms with Crippen LogP contribution in [0.4, 0.5) is 5.82 Å². The molecule has 1 fully saturated rings. The standard InChI is InChI=1S/C21H26N4O2S/c1-27-13-12-23-8-10-24(11-9-23)20-7-6-18-5-4-17(16-25(18)20)21(26)22-15-19-3-2-14-28-19/h2-7,14,16H,8-13,15H2,1H3,(H,22,26). The van der Waals surface area contributed by atoms with E-state index in [0.717, 1.165) is 55.5 Å². The molecular formula is C21H26N4O2S. The second kappa shape index (κ2) is 8.77. The number of aromatic nitrogens is 1.